The van der Waals surface area contributed by atoms with E-state index < -0.39 is 0 Å². The molecule has 0 saturated carbocycles. The third kappa shape index (κ3) is 6.06. The predicted molar refractivity (Wildman–Crippen MR) is 75.6 cm³/mol. The quantitative estimate of drug-likeness (QED) is 0.717. The number of nitrogens with zero attached hydrogens (tertiary/aromatic N) is 1. The minimum atomic E-state index is 0.812. The van der Waals surface area contributed by atoms with E-state index in [4.69, 9.17) is 11.6 Å². The highest BCUT2D eigenvalue weighted by atomic mass is 35.5. The van der Waals surface area contributed by atoms with Gasteiger partial charge < -0.3 is 10.2 Å². The van der Waals surface area contributed by atoms with Crippen LogP contribution in [0.1, 0.15) is 25.8 Å². The van der Waals surface area contributed by atoms with Crippen molar-refractivity contribution in [2.45, 2.75) is 26.8 Å². The third-order valence-electron chi connectivity index (χ3n) is 2.94. The molecular weight excluding hydrogens is 232 g/mol. The summed E-state index contributed by atoms with van der Waals surface area (Å²) in [4.78, 5) is 2.45. The van der Waals surface area contributed by atoms with Crippen molar-refractivity contribution in [1.82, 2.24) is 10.2 Å². The molecule has 0 aliphatic carbocycles. The Kier molecular flexibility index (Phi) is 7.25. The third-order valence-corrected chi connectivity index (χ3v) is 3.18. The number of nitrogens with one attached hydrogen (secondary N) is 1. The highest BCUT2D eigenvalue weighted by molar-refractivity contribution is 6.30. The summed E-state index contributed by atoms with van der Waals surface area (Å²) in [6.07, 6.45) is 1.20. The summed E-state index contributed by atoms with van der Waals surface area (Å²) in [5, 5.41) is 4.26. The highest BCUT2D eigenvalue weighted by Gasteiger charge is 1.98. The van der Waals surface area contributed by atoms with Crippen LogP contribution in [-0.2, 0) is 6.54 Å². The van der Waals surface area contributed by atoms with Gasteiger partial charge in [0.2, 0.25) is 0 Å². The van der Waals surface area contributed by atoms with Crippen LogP contribution in [0.15, 0.2) is 24.3 Å². The van der Waals surface area contributed by atoms with Crippen LogP contribution in [0.3, 0.4) is 0 Å². The summed E-state index contributed by atoms with van der Waals surface area (Å²) in [5.41, 5.74) is 1.25. The monoisotopic (exact) mass is 254 g/mol. The fraction of sp³-hybridized carbons (Fsp3) is 0.571. The number of rotatable bonds is 8. The van der Waals surface area contributed by atoms with Crippen LogP contribution in [0.4, 0.5) is 0 Å². The van der Waals surface area contributed by atoms with Crippen molar-refractivity contribution in [3.05, 3.63) is 34.9 Å². The van der Waals surface area contributed by atoms with E-state index in [9.17, 15) is 0 Å². The molecule has 0 fully saturated rings. The molecule has 3 heteroatoms. The maximum Gasteiger partial charge on any atom is 0.0409 e. The van der Waals surface area contributed by atoms with E-state index in [1.807, 2.05) is 18.2 Å². The summed E-state index contributed by atoms with van der Waals surface area (Å²) in [6, 6.07) is 8.02. The second kappa shape index (κ2) is 8.51. The zero-order valence-corrected chi connectivity index (χ0v) is 11.6. The minimum Gasteiger partial charge on any atom is -0.313 e. The molecule has 1 N–H and O–H groups in total. The first-order chi connectivity index (χ1) is 8.26. The summed E-state index contributed by atoms with van der Waals surface area (Å²) < 4.78 is 0. The molecule has 0 aliphatic heterocycles. The smallest absolute Gasteiger partial charge is 0.0409 e. The van der Waals surface area contributed by atoms with Gasteiger partial charge in [-0.05, 0) is 50.3 Å². The van der Waals surface area contributed by atoms with Crippen molar-refractivity contribution in [2.24, 2.45) is 0 Å². The van der Waals surface area contributed by atoms with Crippen molar-refractivity contribution >= 4 is 11.6 Å². The maximum atomic E-state index is 5.93. The summed E-state index contributed by atoms with van der Waals surface area (Å²) in [6.45, 7) is 9.85. The van der Waals surface area contributed by atoms with E-state index >= 15 is 0 Å². The van der Waals surface area contributed by atoms with Gasteiger partial charge in [-0.15, -0.1) is 0 Å². The lowest BCUT2D eigenvalue weighted by Gasteiger charge is -2.17. The molecule has 0 aromatic heterocycles. The molecule has 1 aromatic carbocycles. The molecule has 96 valence electrons. The molecule has 0 amide bonds. The Bertz CT molecular complexity index is 311. The van der Waals surface area contributed by atoms with Crippen LogP contribution >= 0.6 is 11.6 Å². The van der Waals surface area contributed by atoms with E-state index in [0.717, 1.165) is 31.2 Å². The van der Waals surface area contributed by atoms with Crippen molar-refractivity contribution in [3.63, 3.8) is 0 Å². The first-order valence-corrected chi connectivity index (χ1v) is 6.81. The van der Waals surface area contributed by atoms with Gasteiger partial charge in [-0.2, -0.15) is 0 Å². The minimum absolute atomic E-state index is 0.812. The average Bonchev–Trinajstić information content (AvgIpc) is 2.34. The molecule has 0 atom stereocenters. The standard InChI is InChI=1S/C14H23ClN2/c1-3-17(4-2)10-6-9-16-12-13-7-5-8-14(15)11-13/h5,7-8,11,16H,3-4,6,9-10,12H2,1-2H3. The van der Waals surface area contributed by atoms with E-state index in [2.05, 4.69) is 30.1 Å². The number of hydrogen-bond acceptors (Lipinski definition) is 2. The van der Waals surface area contributed by atoms with E-state index in [1.54, 1.807) is 0 Å². The van der Waals surface area contributed by atoms with Crippen molar-refractivity contribution in [2.75, 3.05) is 26.2 Å². The zero-order chi connectivity index (χ0) is 12.5. The lowest BCUT2D eigenvalue weighted by atomic mass is 10.2. The van der Waals surface area contributed by atoms with Gasteiger partial charge >= 0.3 is 0 Å². The molecule has 0 bridgehead atoms. The lowest BCUT2D eigenvalue weighted by molar-refractivity contribution is 0.298. The second-order valence-electron chi connectivity index (χ2n) is 4.19. The molecule has 0 unspecified atom stereocenters. The van der Waals surface area contributed by atoms with Gasteiger partial charge in [-0.1, -0.05) is 37.6 Å². The van der Waals surface area contributed by atoms with Crippen molar-refractivity contribution in [3.8, 4) is 0 Å². The van der Waals surface area contributed by atoms with Crippen molar-refractivity contribution in [1.29, 1.82) is 0 Å². The van der Waals surface area contributed by atoms with Gasteiger partial charge in [-0.3, -0.25) is 0 Å². The molecule has 0 heterocycles. The zero-order valence-electron chi connectivity index (χ0n) is 10.9. The van der Waals surface area contributed by atoms with Crippen molar-refractivity contribution < 1.29 is 0 Å². The largest absolute Gasteiger partial charge is 0.313 e. The molecule has 0 aliphatic rings. The molecule has 0 spiro atoms. The summed E-state index contributed by atoms with van der Waals surface area (Å²) >= 11 is 5.93. The Labute approximate surface area is 110 Å². The van der Waals surface area contributed by atoms with Gasteiger partial charge in [0.25, 0.3) is 0 Å². The van der Waals surface area contributed by atoms with Crippen LogP contribution in [0, 0.1) is 0 Å². The Balaban J connectivity index is 2.12. The normalized spacial score (nSPS) is 11.1. The van der Waals surface area contributed by atoms with E-state index in [0.29, 0.717) is 0 Å². The molecule has 0 saturated heterocycles. The van der Waals surface area contributed by atoms with Gasteiger partial charge in [0, 0.05) is 11.6 Å². The number of hydrogen-bond donors (Lipinski definition) is 1. The Hall–Kier alpha value is -0.570. The number of benzene rings is 1. The maximum absolute atomic E-state index is 5.93. The predicted octanol–water partition coefficient (Wildman–Crippen LogP) is 3.16. The van der Waals surface area contributed by atoms with E-state index in [-0.39, 0.29) is 0 Å². The fourth-order valence-electron chi connectivity index (χ4n) is 1.85. The SMILES string of the molecule is CCN(CC)CCCNCc1cccc(Cl)c1. The highest BCUT2D eigenvalue weighted by Crippen LogP contribution is 2.10. The molecule has 17 heavy (non-hydrogen) atoms. The van der Waals surface area contributed by atoms with Gasteiger partial charge in [0.1, 0.15) is 0 Å². The summed E-state index contributed by atoms with van der Waals surface area (Å²) in [7, 11) is 0. The first kappa shape index (κ1) is 14.5. The van der Waals surface area contributed by atoms with Crippen LogP contribution in [0.2, 0.25) is 5.02 Å². The van der Waals surface area contributed by atoms with Crippen LogP contribution in [-0.4, -0.2) is 31.1 Å². The lowest BCUT2D eigenvalue weighted by Crippen LogP contribution is -2.27. The van der Waals surface area contributed by atoms with Gasteiger partial charge in [-0.25, -0.2) is 0 Å². The Morgan fingerprint density at radius 2 is 2.00 bits per heavy atom. The molecular formula is C14H23ClN2. The molecule has 1 rings (SSSR count). The molecule has 1 aromatic rings. The Morgan fingerprint density at radius 1 is 1.24 bits per heavy atom. The molecule has 0 radical (unpaired) electrons. The van der Waals surface area contributed by atoms with Gasteiger partial charge in [0.05, 0.1) is 0 Å². The van der Waals surface area contributed by atoms with Crippen LogP contribution in [0.5, 0.6) is 0 Å². The van der Waals surface area contributed by atoms with Gasteiger partial charge in [0.15, 0.2) is 0 Å². The summed E-state index contributed by atoms with van der Waals surface area (Å²) in [5.74, 6) is 0. The van der Waals surface area contributed by atoms with E-state index in [1.165, 1.54) is 18.5 Å². The van der Waals surface area contributed by atoms with Crippen LogP contribution < -0.4 is 5.32 Å². The average molecular weight is 255 g/mol. The first-order valence-electron chi connectivity index (χ1n) is 6.43. The fourth-order valence-corrected chi connectivity index (χ4v) is 2.06. The number of halogens is 1. The second-order valence-corrected chi connectivity index (χ2v) is 4.62. The topological polar surface area (TPSA) is 15.3 Å². The van der Waals surface area contributed by atoms with Crippen LogP contribution in [0.25, 0.3) is 0 Å². The Morgan fingerprint density at radius 3 is 2.65 bits per heavy atom. The molecule has 2 nitrogen and oxygen atoms in total.